The number of thioether (sulfide) groups is 1. The molecular formula is C17H22N2O2S. The summed E-state index contributed by atoms with van der Waals surface area (Å²) in [7, 11) is 0. The molecule has 0 atom stereocenters. The van der Waals surface area contributed by atoms with Crippen molar-refractivity contribution in [3.8, 4) is 0 Å². The van der Waals surface area contributed by atoms with Gasteiger partial charge in [0.1, 0.15) is 0 Å². The van der Waals surface area contributed by atoms with E-state index in [-0.39, 0.29) is 11.8 Å². The van der Waals surface area contributed by atoms with Gasteiger partial charge in [0.15, 0.2) is 0 Å². The Morgan fingerprint density at radius 2 is 2.05 bits per heavy atom. The Labute approximate surface area is 136 Å². The fraction of sp³-hybridized carbons (Fsp3) is 0.412. The van der Waals surface area contributed by atoms with Gasteiger partial charge >= 0.3 is 0 Å². The van der Waals surface area contributed by atoms with E-state index in [1.54, 1.807) is 16.7 Å². The zero-order chi connectivity index (χ0) is 15.8. The van der Waals surface area contributed by atoms with Crippen molar-refractivity contribution in [3.63, 3.8) is 0 Å². The van der Waals surface area contributed by atoms with Gasteiger partial charge in [0.2, 0.25) is 11.8 Å². The van der Waals surface area contributed by atoms with Crippen molar-refractivity contribution in [1.29, 1.82) is 0 Å². The summed E-state index contributed by atoms with van der Waals surface area (Å²) in [6.07, 6.45) is 2.78. The number of likely N-dealkylation sites (tertiary alicyclic amines) is 1. The molecule has 4 nitrogen and oxygen atoms in total. The maximum absolute atomic E-state index is 11.8. The number of carbonyl (C=O) groups excluding carboxylic acids is 2. The lowest BCUT2D eigenvalue weighted by molar-refractivity contribution is -0.134. The van der Waals surface area contributed by atoms with Crippen molar-refractivity contribution in [3.05, 3.63) is 43.0 Å². The number of nitrogens with one attached hydrogen (secondary N) is 1. The van der Waals surface area contributed by atoms with Crippen LogP contribution in [0.4, 0.5) is 0 Å². The number of rotatable bonds is 8. The zero-order valence-corrected chi connectivity index (χ0v) is 13.5. The van der Waals surface area contributed by atoms with Gasteiger partial charge in [-0.15, -0.1) is 11.8 Å². The highest BCUT2D eigenvalue weighted by molar-refractivity contribution is 7.99. The van der Waals surface area contributed by atoms with Crippen LogP contribution in [0.3, 0.4) is 0 Å². The summed E-state index contributed by atoms with van der Waals surface area (Å²) >= 11 is 1.80. The molecule has 5 heteroatoms. The maximum Gasteiger partial charge on any atom is 0.245 e. The van der Waals surface area contributed by atoms with Gasteiger partial charge < -0.3 is 10.2 Å². The Morgan fingerprint density at radius 1 is 1.32 bits per heavy atom. The number of amides is 2. The van der Waals surface area contributed by atoms with E-state index in [0.29, 0.717) is 32.0 Å². The summed E-state index contributed by atoms with van der Waals surface area (Å²) in [6.45, 7) is 5.50. The van der Waals surface area contributed by atoms with Crippen LogP contribution >= 0.6 is 11.8 Å². The molecule has 1 fully saturated rings. The Bertz CT molecular complexity index is 513. The predicted octanol–water partition coefficient (Wildman–Crippen LogP) is 2.32. The maximum atomic E-state index is 11.8. The molecule has 1 aromatic carbocycles. The van der Waals surface area contributed by atoms with Gasteiger partial charge in [-0.3, -0.25) is 9.59 Å². The zero-order valence-electron chi connectivity index (χ0n) is 12.7. The molecule has 1 aliphatic heterocycles. The first-order chi connectivity index (χ1) is 10.7. The molecule has 0 unspecified atom stereocenters. The number of benzene rings is 1. The average Bonchev–Trinajstić information content (AvgIpc) is 2.50. The van der Waals surface area contributed by atoms with Crippen molar-refractivity contribution in [2.45, 2.75) is 17.7 Å². The number of nitrogens with zero attached hydrogens (tertiary/aromatic N) is 1. The molecule has 1 aromatic rings. The molecular weight excluding hydrogens is 296 g/mol. The normalized spacial score (nSPS) is 14.3. The lowest BCUT2D eigenvalue weighted by atomic mass is 9.96. The SMILES string of the molecule is C=CC(=O)N1CC(CC(=O)NCCCSc2ccccc2)C1. The second-order valence-electron chi connectivity index (χ2n) is 5.38. The average molecular weight is 318 g/mol. The number of hydrogen-bond acceptors (Lipinski definition) is 3. The molecule has 22 heavy (non-hydrogen) atoms. The highest BCUT2D eigenvalue weighted by Crippen LogP contribution is 2.19. The summed E-state index contributed by atoms with van der Waals surface area (Å²) in [6, 6.07) is 10.3. The van der Waals surface area contributed by atoms with Crippen molar-refractivity contribution in [2.24, 2.45) is 5.92 Å². The van der Waals surface area contributed by atoms with Crippen LogP contribution in [0, 0.1) is 5.92 Å². The van der Waals surface area contributed by atoms with Gasteiger partial charge in [-0.2, -0.15) is 0 Å². The smallest absolute Gasteiger partial charge is 0.245 e. The van der Waals surface area contributed by atoms with E-state index >= 15 is 0 Å². The van der Waals surface area contributed by atoms with Crippen LogP contribution in [0.1, 0.15) is 12.8 Å². The predicted molar refractivity (Wildman–Crippen MR) is 89.7 cm³/mol. The minimum absolute atomic E-state index is 0.0467. The van der Waals surface area contributed by atoms with E-state index in [1.807, 2.05) is 18.2 Å². The van der Waals surface area contributed by atoms with E-state index in [1.165, 1.54) is 11.0 Å². The van der Waals surface area contributed by atoms with E-state index in [9.17, 15) is 9.59 Å². The highest BCUT2D eigenvalue weighted by Gasteiger charge is 2.30. The van der Waals surface area contributed by atoms with Crippen molar-refractivity contribution >= 4 is 23.6 Å². The van der Waals surface area contributed by atoms with Crippen LogP contribution in [0.25, 0.3) is 0 Å². The monoisotopic (exact) mass is 318 g/mol. The van der Waals surface area contributed by atoms with Crippen LogP contribution in [-0.2, 0) is 9.59 Å². The Hall–Kier alpha value is -1.75. The van der Waals surface area contributed by atoms with Crippen LogP contribution < -0.4 is 5.32 Å². The summed E-state index contributed by atoms with van der Waals surface area (Å²) in [4.78, 5) is 26.0. The van der Waals surface area contributed by atoms with E-state index in [4.69, 9.17) is 0 Å². The molecule has 2 rings (SSSR count). The largest absolute Gasteiger partial charge is 0.356 e. The van der Waals surface area contributed by atoms with Crippen molar-refractivity contribution in [1.82, 2.24) is 10.2 Å². The van der Waals surface area contributed by atoms with Crippen LogP contribution in [0.5, 0.6) is 0 Å². The molecule has 0 aromatic heterocycles. The molecule has 0 spiro atoms. The lowest BCUT2D eigenvalue weighted by Crippen LogP contribution is -2.50. The third-order valence-electron chi connectivity index (χ3n) is 3.57. The van der Waals surface area contributed by atoms with Gasteiger partial charge in [-0.05, 0) is 30.4 Å². The summed E-state index contributed by atoms with van der Waals surface area (Å²) in [5.41, 5.74) is 0. The topological polar surface area (TPSA) is 49.4 Å². The van der Waals surface area contributed by atoms with E-state index < -0.39 is 0 Å². The number of carbonyl (C=O) groups is 2. The Morgan fingerprint density at radius 3 is 2.73 bits per heavy atom. The second-order valence-corrected chi connectivity index (χ2v) is 6.55. The van der Waals surface area contributed by atoms with Crippen molar-refractivity contribution in [2.75, 3.05) is 25.4 Å². The highest BCUT2D eigenvalue weighted by atomic mass is 32.2. The molecule has 1 N–H and O–H groups in total. The first-order valence-electron chi connectivity index (χ1n) is 7.55. The quantitative estimate of drug-likeness (QED) is 0.455. The molecule has 1 heterocycles. The lowest BCUT2D eigenvalue weighted by Gasteiger charge is -2.38. The molecule has 0 saturated carbocycles. The van der Waals surface area contributed by atoms with Crippen molar-refractivity contribution < 1.29 is 9.59 Å². The van der Waals surface area contributed by atoms with Gasteiger partial charge in [-0.1, -0.05) is 24.8 Å². The minimum atomic E-state index is -0.0467. The second kappa shape index (κ2) is 8.63. The summed E-state index contributed by atoms with van der Waals surface area (Å²) in [5, 5.41) is 2.95. The summed E-state index contributed by atoms with van der Waals surface area (Å²) < 4.78 is 0. The van der Waals surface area contributed by atoms with Crippen LogP contribution in [0.2, 0.25) is 0 Å². The van der Waals surface area contributed by atoms with Gasteiger partial charge in [-0.25, -0.2) is 0 Å². The van der Waals surface area contributed by atoms with Crippen LogP contribution in [-0.4, -0.2) is 42.1 Å². The molecule has 118 valence electrons. The fourth-order valence-corrected chi connectivity index (χ4v) is 3.22. The number of hydrogen-bond donors (Lipinski definition) is 1. The molecule has 2 amide bonds. The van der Waals surface area contributed by atoms with E-state index in [0.717, 1.165) is 12.2 Å². The van der Waals surface area contributed by atoms with Gasteiger partial charge in [0.05, 0.1) is 0 Å². The standard InChI is InChI=1S/C17H22N2O2S/c1-2-17(21)19-12-14(13-19)11-16(20)18-9-6-10-22-15-7-4-3-5-8-15/h2-5,7-8,14H,1,6,9-13H2,(H,18,20). The molecule has 0 bridgehead atoms. The Kier molecular flexibility index (Phi) is 6.52. The first-order valence-corrected chi connectivity index (χ1v) is 8.53. The molecule has 1 saturated heterocycles. The van der Waals surface area contributed by atoms with Crippen LogP contribution in [0.15, 0.2) is 47.9 Å². The Balaban J connectivity index is 1.50. The molecule has 0 radical (unpaired) electrons. The molecule has 1 aliphatic rings. The third-order valence-corrected chi connectivity index (χ3v) is 4.67. The van der Waals surface area contributed by atoms with E-state index in [2.05, 4.69) is 24.0 Å². The third kappa shape index (κ3) is 5.22. The first kappa shape index (κ1) is 16.6. The van der Waals surface area contributed by atoms with Gasteiger partial charge in [0, 0.05) is 36.9 Å². The van der Waals surface area contributed by atoms with Gasteiger partial charge in [0.25, 0.3) is 0 Å². The summed E-state index contributed by atoms with van der Waals surface area (Å²) in [5.74, 6) is 1.33. The molecule has 0 aliphatic carbocycles. The minimum Gasteiger partial charge on any atom is -0.356 e. The fourth-order valence-electron chi connectivity index (χ4n) is 2.35.